The molecule has 0 aliphatic carbocycles. The fourth-order valence-electron chi connectivity index (χ4n) is 3.32. The van der Waals surface area contributed by atoms with E-state index in [1.165, 1.54) is 0 Å². The summed E-state index contributed by atoms with van der Waals surface area (Å²) in [6.45, 7) is 5.49. The molecule has 0 aliphatic rings. The minimum Gasteiger partial charge on any atom is -0.262 e. The molecule has 3 aromatic carbocycles. The first-order valence-corrected chi connectivity index (χ1v) is 12.5. The van der Waals surface area contributed by atoms with Gasteiger partial charge in [0, 0.05) is 23.7 Å². The van der Waals surface area contributed by atoms with Gasteiger partial charge >= 0.3 is 0 Å². The van der Waals surface area contributed by atoms with Gasteiger partial charge < -0.3 is 0 Å². The van der Waals surface area contributed by atoms with Crippen LogP contribution in [-0.4, -0.2) is 26.2 Å². The maximum absolute atomic E-state index is 13.4. The Hall–Kier alpha value is -2.20. The van der Waals surface area contributed by atoms with Crippen LogP contribution in [0.4, 0.5) is 0 Å². The Morgan fingerprint density at radius 3 is 1.50 bits per heavy atom. The molecular weight excluding hydrogens is 387 g/mol. The zero-order valence-electron chi connectivity index (χ0n) is 16.1. The molecule has 0 bridgehead atoms. The van der Waals surface area contributed by atoms with Gasteiger partial charge in [0.05, 0.1) is 4.90 Å². The Labute approximate surface area is 168 Å². The van der Waals surface area contributed by atoms with E-state index in [9.17, 15) is 8.42 Å². The summed E-state index contributed by atoms with van der Waals surface area (Å²) in [5, 5.41) is 1.87. The number of rotatable bonds is 7. The summed E-state index contributed by atoms with van der Waals surface area (Å²) in [5.41, 5.74) is 0. The van der Waals surface area contributed by atoms with Gasteiger partial charge in [0.25, 0.3) is 10.0 Å². The van der Waals surface area contributed by atoms with Gasteiger partial charge in [0.15, 0.2) is 0 Å². The summed E-state index contributed by atoms with van der Waals surface area (Å²) in [5.74, 6) is 0. The van der Waals surface area contributed by atoms with Crippen LogP contribution in [0, 0.1) is 0 Å². The molecule has 0 heterocycles. The predicted molar refractivity (Wildman–Crippen MR) is 118 cm³/mol. The van der Waals surface area contributed by atoms with Gasteiger partial charge in [-0.3, -0.25) is 4.67 Å². The molecule has 3 rings (SSSR count). The van der Waals surface area contributed by atoms with Crippen LogP contribution in [0.2, 0.25) is 0 Å². The van der Waals surface area contributed by atoms with Crippen molar-refractivity contribution in [1.82, 2.24) is 4.67 Å². The van der Waals surface area contributed by atoms with Gasteiger partial charge in [0.1, 0.15) is 7.21 Å². The monoisotopic (exact) mass is 412 g/mol. The Balaban J connectivity index is 2.43. The van der Waals surface area contributed by atoms with Crippen LogP contribution in [0.3, 0.4) is 0 Å². The van der Waals surface area contributed by atoms with Gasteiger partial charge in [-0.05, 0) is 12.1 Å². The third-order valence-corrected chi connectivity index (χ3v) is 10.7. The molecule has 0 fully saturated rings. The molecule has 4 nitrogen and oxygen atoms in total. The lowest BCUT2D eigenvalue weighted by Gasteiger charge is -2.35. The van der Waals surface area contributed by atoms with Crippen molar-refractivity contribution in [3.05, 3.63) is 91.0 Å². The second-order valence-corrected chi connectivity index (χ2v) is 11.2. The molecule has 3 aromatic rings. The lowest BCUT2D eigenvalue weighted by Crippen LogP contribution is -2.33. The van der Waals surface area contributed by atoms with E-state index in [0.717, 1.165) is 10.6 Å². The zero-order chi connectivity index (χ0) is 20.0. The number of hydrogen-bond donors (Lipinski definition) is 0. The van der Waals surface area contributed by atoms with Crippen LogP contribution < -0.4 is 10.6 Å². The Bertz CT molecular complexity index is 1010. The highest BCUT2D eigenvalue weighted by Gasteiger charge is 2.33. The van der Waals surface area contributed by atoms with Crippen molar-refractivity contribution in [1.29, 1.82) is 0 Å². The predicted octanol–water partition coefficient (Wildman–Crippen LogP) is 4.48. The summed E-state index contributed by atoms with van der Waals surface area (Å²) in [6, 6.07) is 28.1. The maximum atomic E-state index is 13.4. The molecule has 0 saturated heterocycles. The van der Waals surface area contributed by atoms with E-state index < -0.39 is 17.2 Å². The molecule has 0 saturated carbocycles. The molecule has 0 unspecified atom stereocenters. The minimum atomic E-state index is -3.85. The second kappa shape index (κ2) is 8.87. The molecule has 0 aromatic heterocycles. The van der Waals surface area contributed by atoms with Crippen molar-refractivity contribution in [2.24, 2.45) is 4.15 Å². The van der Waals surface area contributed by atoms with E-state index in [1.54, 1.807) is 30.3 Å². The van der Waals surface area contributed by atoms with E-state index in [4.69, 9.17) is 4.15 Å². The average Bonchev–Trinajstić information content (AvgIpc) is 2.75. The summed E-state index contributed by atoms with van der Waals surface area (Å²) in [6.07, 6.45) is 0. The smallest absolute Gasteiger partial charge is 0.262 e. The highest BCUT2D eigenvalue weighted by atomic mass is 32.2. The minimum absolute atomic E-state index is 0.221. The third-order valence-electron chi connectivity index (χ3n) is 4.64. The van der Waals surface area contributed by atoms with E-state index in [2.05, 4.69) is 18.5 Å². The lowest BCUT2D eigenvalue weighted by atomic mass is 10.4. The third kappa shape index (κ3) is 3.97. The molecule has 0 aliphatic heterocycles. The van der Waals surface area contributed by atoms with Gasteiger partial charge in [-0.1, -0.05) is 92.7 Å². The van der Waals surface area contributed by atoms with E-state index in [-0.39, 0.29) is 4.90 Å². The fraction of sp³-hybridized carbons (Fsp3) is 0.182. The van der Waals surface area contributed by atoms with Crippen molar-refractivity contribution in [3.8, 4) is 0 Å². The first kappa shape index (κ1) is 20.5. The topological polar surface area (TPSA) is 49.7 Å². The summed E-state index contributed by atoms with van der Waals surface area (Å²) >= 11 is 0. The molecule has 6 heteroatoms. The highest BCUT2D eigenvalue weighted by molar-refractivity contribution is 7.96. The second-order valence-electron chi connectivity index (χ2n) is 6.28. The summed E-state index contributed by atoms with van der Waals surface area (Å²) in [4.78, 5) is 0.221. The van der Waals surface area contributed by atoms with Gasteiger partial charge in [-0.15, -0.1) is 0 Å². The molecule has 0 radical (unpaired) electrons. The van der Waals surface area contributed by atoms with E-state index in [0.29, 0.717) is 13.1 Å². The van der Waals surface area contributed by atoms with Crippen molar-refractivity contribution in [2.75, 3.05) is 13.1 Å². The Morgan fingerprint density at radius 1 is 0.714 bits per heavy atom. The van der Waals surface area contributed by atoms with Crippen molar-refractivity contribution >= 4 is 27.8 Å². The molecule has 0 amide bonds. The fourth-order valence-corrected chi connectivity index (χ4v) is 9.56. The molecular formula is C22H25N2O2PS. The Kier molecular flexibility index (Phi) is 6.50. The largest absolute Gasteiger partial charge is 0.282 e. The molecule has 28 heavy (non-hydrogen) atoms. The van der Waals surface area contributed by atoms with Crippen LogP contribution in [0.25, 0.3) is 0 Å². The van der Waals surface area contributed by atoms with Crippen LogP contribution in [0.1, 0.15) is 13.8 Å². The number of nitrogens with zero attached hydrogens (tertiary/aromatic N) is 2. The van der Waals surface area contributed by atoms with Gasteiger partial charge in [0.2, 0.25) is 0 Å². The van der Waals surface area contributed by atoms with Gasteiger partial charge in [-0.25, -0.2) is 0 Å². The standard InChI is InChI=1S/C22H25N2O2PS/c1-3-24(4-2)27(20-14-8-5-9-15-20,21-16-10-6-11-17-21)23-28(25,26)22-18-12-7-13-19-22/h5-19H,3-4H2,1-2H3. The van der Waals surface area contributed by atoms with Crippen LogP contribution in [-0.2, 0) is 10.0 Å². The van der Waals surface area contributed by atoms with Crippen LogP contribution in [0.15, 0.2) is 100 Å². The van der Waals surface area contributed by atoms with Crippen molar-refractivity contribution in [3.63, 3.8) is 0 Å². The zero-order valence-corrected chi connectivity index (χ0v) is 17.9. The van der Waals surface area contributed by atoms with E-state index >= 15 is 0 Å². The quantitative estimate of drug-likeness (QED) is 0.538. The molecule has 0 spiro atoms. The first-order chi connectivity index (χ1) is 13.5. The van der Waals surface area contributed by atoms with Crippen molar-refractivity contribution in [2.45, 2.75) is 18.7 Å². The molecule has 0 N–H and O–H groups in total. The van der Waals surface area contributed by atoms with E-state index in [1.807, 2.05) is 60.7 Å². The van der Waals surface area contributed by atoms with Crippen molar-refractivity contribution < 1.29 is 8.42 Å². The molecule has 146 valence electrons. The normalized spacial score (nSPS) is 12.1. The summed E-state index contributed by atoms with van der Waals surface area (Å²) < 4.78 is 33.6. The number of sulfonamides is 1. The Morgan fingerprint density at radius 2 is 1.11 bits per heavy atom. The maximum Gasteiger partial charge on any atom is 0.282 e. The first-order valence-electron chi connectivity index (χ1n) is 9.35. The van der Waals surface area contributed by atoms with Gasteiger partial charge in [-0.2, -0.15) is 12.6 Å². The van der Waals surface area contributed by atoms with Crippen LogP contribution in [0.5, 0.6) is 0 Å². The summed E-state index contributed by atoms with van der Waals surface area (Å²) in [7, 11) is -6.57. The highest BCUT2D eigenvalue weighted by Crippen LogP contribution is 2.52. The average molecular weight is 412 g/mol. The van der Waals surface area contributed by atoms with Crippen LogP contribution >= 0.6 is 7.21 Å². The number of benzene rings is 3. The molecule has 0 atom stereocenters. The lowest BCUT2D eigenvalue weighted by molar-refractivity contribution is 0.509. The SMILES string of the molecule is CCN(CC)P(=NS(=O)(=O)c1ccccc1)(c1ccccc1)c1ccccc1. The number of hydrogen-bond acceptors (Lipinski definition) is 2.